The van der Waals surface area contributed by atoms with Crippen LogP contribution in [0.15, 0.2) is 46.9 Å². The second-order valence-corrected chi connectivity index (χ2v) is 7.41. The zero-order valence-electron chi connectivity index (χ0n) is 15.6. The van der Waals surface area contributed by atoms with Gasteiger partial charge in [0.15, 0.2) is 6.61 Å². The number of esters is 1. The summed E-state index contributed by atoms with van der Waals surface area (Å²) >= 11 is 3.41. The molecule has 6 nitrogen and oxygen atoms in total. The standard InChI is InChI=1S/C21H22BrNO5/c1-14-11-16(6-9-19(14)22)23-20(24)13-28-21(25)15-4-7-17(8-5-15)27-12-18-3-2-10-26-18/h4-9,11,18H,2-3,10,12-13H2,1H3,(H,23,24). The van der Waals surface area contributed by atoms with Crippen LogP contribution in [0.2, 0.25) is 0 Å². The van der Waals surface area contributed by atoms with Gasteiger partial charge in [-0.25, -0.2) is 4.79 Å². The molecule has 3 rings (SSSR count). The van der Waals surface area contributed by atoms with Crippen molar-refractivity contribution in [1.29, 1.82) is 0 Å². The topological polar surface area (TPSA) is 73.9 Å². The second kappa shape index (κ2) is 9.71. The van der Waals surface area contributed by atoms with E-state index < -0.39 is 11.9 Å². The Bertz CT molecular complexity index is 831. The van der Waals surface area contributed by atoms with Crippen LogP contribution in [0.3, 0.4) is 0 Å². The Kier molecular flexibility index (Phi) is 7.06. The molecule has 0 bridgehead atoms. The van der Waals surface area contributed by atoms with Gasteiger partial charge >= 0.3 is 5.97 Å². The van der Waals surface area contributed by atoms with Crippen LogP contribution in [-0.4, -0.2) is 37.8 Å². The van der Waals surface area contributed by atoms with Gasteiger partial charge in [-0.05, 0) is 67.8 Å². The fraction of sp³-hybridized carbons (Fsp3) is 0.333. The zero-order valence-corrected chi connectivity index (χ0v) is 17.2. The lowest BCUT2D eigenvalue weighted by Crippen LogP contribution is -2.21. The SMILES string of the molecule is Cc1cc(NC(=O)COC(=O)c2ccc(OCC3CCCO3)cc2)ccc1Br. The quantitative estimate of drug-likeness (QED) is 0.646. The molecule has 1 aliphatic rings. The number of ether oxygens (including phenoxy) is 3. The Morgan fingerprint density at radius 1 is 1.21 bits per heavy atom. The summed E-state index contributed by atoms with van der Waals surface area (Å²) in [6.45, 7) is 2.85. The van der Waals surface area contributed by atoms with E-state index in [2.05, 4.69) is 21.2 Å². The van der Waals surface area contributed by atoms with Crippen LogP contribution in [0, 0.1) is 6.92 Å². The Labute approximate surface area is 172 Å². The molecule has 1 N–H and O–H groups in total. The normalized spacial score (nSPS) is 15.9. The lowest BCUT2D eigenvalue weighted by atomic mass is 10.2. The van der Waals surface area contributed by atoms with E-state index in [1.54, 1.807) is 30.3 Å². The molecule has 0 aliphatic carbocycles. The van der Waals surface area contributed by atoms with Crippen molar-refractivity contribution in [2.45, 2.75) is 25.9 Å². The van der Waals surface area contributed by atoms with Crippen molar-refractivity contribution in [2.24, 2.45) is 0 Å². The van der Waals surface area contributed by atoms with Crippen LogP contribution in [0.1, 0.15) is 28.8 Å². The molecule has 2 aromatic rings. The van der Waals surface area contributed by atoms with Gasteiger partial charge in [0, 0.05) is 16.8 Å². The predicted octanol–water partition coefficient (Wildman–Crippen LogP) is 4.11. The van der Waals surface area contributed by atoms with E-state index in [0.29, 0.717) is 23.6 Å². The first-order valence-corrected chi connectivity index (χ1v) is 9.88. The van der Waals surface area contributed by atoms with Crippen LogP contribution in [-0.2, 0) is 14.3 Å². The summed E-state index contributed by atoms with van der Waals surface area (Å²) in [5.74, 6) is -0.296. The number of carbonyl (C=O) groups is 2. The Balaban J connectivity index is 1.44. The smallest absolute Gasteiger partial charge is 0.338 e. The van der Waals surface area contributed by atoms with Crippen LogP contribution in [0.5, 0.6) is 5.75 Å². The summed E-state index contributed by atoms with van der Waals surface area (Å²) in [4.78, 5) is 24.1. The fourth-order valence-electron chi connectivity index (χ4n) is 2.79. The summed E-state index contributed by atoms with van der Waals surface area (Å²) in [7, 11) is 0. The maximum atomic E-state index is 12.1. The van der Waals surface area contributed by atoms with Gasteiger partial charge in [-0.15, -0.1) is 0 Å². The number of nitrogens with one attached hydrogen (secondary N) is 1. The summed E-state index contributed by atoms with van der Waals surface area (Å²) in [6.07, 6.45) is 2.21. The largest absolute Gasteiger partial charge is 0.491 e. The van der Waals surface area contributed by atoms with E-state index in [9.17, 15) is 9.59 Å². The molecule has 1 unspecified atom stereocenters. The van der Waals surface area contributed by atoms with E-state index in [1.807, 2.05) is 19.1 Å². The minimum atomic E-state index is -0.562. The monoisotopic (exact) mass is 447 g/mol. The number of anilines is 1. The third-order valence-corrected chi connectivity index (χ3v) is 5.22. The molecular formula is C21H22BrNO5. The molecule has 0 radical (unpaired) electrons. The molecule has 1 atom stereocenters. The van der Waals surface area contributed by atoms with E-state index in [4.69, 9.17) is 14.2 Å². The Hall–Kier alpha value is -2.38. The van der Waals surface area contributed by atoms with Crippen LogP contribution in [0.25, 0.3) is 0 Å². The average molecular weight is 448 g/mol. The van der Waals surface area contributed by atoms with E-state index >= 15 is 0 Å². The van der Waals surface area contributed by atoms with Crippen molar-refractivity contribution in [1.82, 2.24) is 0 Å². The molecule has 1 aliphatic heterocycles. The molecule has 7 heteroatoms. The van der Waals surface area contributed by atoms with E-state index in [0.717, 1.165) is 29.5 Å². The molecule has 0 aromatic heterocycles. The molecule has 1 saturated heterocycles. The van der Waals surface area contributed by atoms with Gasteiger partial charge in [-0.1, -0.05) is 15.9 Å². The highest BCUT2D eigenvalue weighted by atomic mass is 79.9. The maximum Gasteiger partial charge on any atom is 0.338 e. The summed E-state index contributed by atoms with van der Waals surface area (Å²) in [5.41, 5.74) is 2.00. The van der Waals surface area contributed by atoms with Crippen molar-refractivity contribution in [2.75, 3.05) is 25.1 Å². The average Bonchev–Trinajstić information content (AvgIpc) is 3.21. The fourth-order valence-corrected chi connectivity index (χ4v) is 3.03. The lowest BCUT2D eigenvalue weighted by molar-refractivity contribution is -0.119. The van der Waals surface area contributed by atoms with Crippen LogP contribution >= 0.6 is 15.9 Å². The van der Waals surface area contributed by atoms with Gasteiger partial charge in [0.05, 0.1) is 11.7 Å². The number of amides is 1. The molecule has 1 fully saturated rings. The molecule has 0 spiro atoms. The molecule has 1 amide bonds. The van der Waals surface area contributed by atoms with Gasteiger partial charge in [-0.2, -0.15) is 0 Å². The van der Waals surface area contributed by atoms with Gasteiger partial charge in [0.2, 0.25) is 0 Å². The molecule has 2 aromatic carbocycles. The van der Waals surface area contributed by atoms with Gasteiger partial charge < -0.3 is 19.5 Å². The van der Waals surface area contributed by atoms with Crippen molar-refractivity contribution in [3.8, 4) is 5.75 Å². The summed E-state index contributed by atoms with van der Waals surface area (Å²) < 4.78 is 17.2. The minimum Gasteiger partial charge on any atom is -0.491 e. The number of halogens is 1. The summed E-state index contributed by atoms with van der Waals surface area (Å²) in [6, 6.07) is 12.1. The van der Waals surface area contributed by atoms with Gasteiger partial charge in [0.25, 0.3) is 5.91 Å². The number of carbonyl (C=O) groups excluding carboxylic acids is 2. The molecule has 0 saturated carbocycles. The Morgan fingerprint density at radius 2 is 2.00 bits per heavy atom. The molecule has 1 heterocycles. The number of rotatable bonds is 7. The van der Waals surface area contributed by atoms with Crippen molar-refractivity contribution in [3.63, 3.8) is 0 Å². The maximum absolute atomic E-state index is 12.1. The number of hydrogen-bond acceptors (Lipinski definition) is 5. The highest BCUT2D eigenvalue weighted by molar-refractivity contribution is 9.10. The second-order valence-electron chi connectivity index (χ2n) is 6.56. The third kappa shape index (κ3) is 5.81. The number of aryl methyl sites for hydroxylation is 1. The minimum absolute atomic E-state index is 0.137. The van der Waals surface area contributed by atoms with Gasteiger partial charge in [0.1, 0.15) is 12.4 Å². The summed E-state index contributed by atoms with van der Waals surface area (Å²) in [5, 5.41) is 2.70. The number of benzene rings is 2. The zero-order chi connectivity index (χ0) is 19.9. The third-order valence-electron chi connectivity index (χ3n) is 4.33. The molecular weight excluding hydrogens is 426 g/mol. The van der Waals surface area contributed by atoms with E-state index in [-0.39, 0.29) is 12.7 Å². The highest BCUT2D eigenvalue weighted by Crippen LogP contribution is 2.20. The van der Waals surface area contributed by atoms with Crippen LogP contribution in [0.4, 0.5) is 5.69 Å². The molecule has 28 heavy (non-hydrogen) atoms. The van der Waals surface area contributed by atoms with Crippen molar-refractivity contribution < 1.29 is 23.8 Å². The number of hydrogen-bond donors (Lipinski definition) is 1. The first kappa shape index (κ1) is 20.4. The van der Waals surface area contributed by atoms with Crippen molar-refractivity contribution in [3.05, 3.63) is 58.1 Å². The Morgan fingerprint density at radius 3 is 2.68 bits per heavy atom. The first-order chi connectivity index (χ1) is 13.5. The molecule has 148 valence electrons. The van der Waals surface area contributed by atoms with Crippen LogP contribution < -0.4 is 10.1 Å². The predicted molar refractivity (Wildman–Crippen MR) is 109 cm³/mol. The first-order valence-electron chi connectivity index (χ1n) is 9.09. The van der Waals surface area contributed by atoms with Gasteiger partial charge in [-0.3, -0.25) is 4.79 Å². The van der Waals surface area contributed by atoms with Crippen molar-refractivity contribution >= 4 is 33.5 Å². The van der Waals surface area contributed by atoms with E-state index in [1.165, 1.54) is 0 Å². The lowest BCUT2D eigenvalue weighted by Gasteiger charge is -2.11. The highest BCUT2D eigenvalue weighted by Gasteiger charge is 2.16.